The molecular formula is C16H17N3OS2. The number of thioether (sulfide) groups is 1. The maximum atomic E-state index is 5.25. The molecule has 22 heavy (non-hydrogen) atoms. The van der Waals surface area contributed by atoms with Crippen molar-refractivity contribution in [2.75, 3.05) is 7.11 Å². The van der Waals surface area contributed by atoms with Crippen LogP contribution in [0.3, 0.4) is 0 Å². The molecule has 3 aromatic rings. The van der Waals surface area contributed by atoms with E-state index in [-0.39, 0.29) is 0 Å². The summed E-state index contributed by atoms with van der Waals surface area (Å²) in [6.07, 6.45) is 2.82. The number of rotatable bonds is 7. The van der Waals surface area contributed by atoms with E-state index in [2.05, 4.69) is 44.4 Å². The van der Waals surface area contributed by atoms with E-state index in [1.54, 1.807) is 30.2 Å². The van der Waals surface area contributed by atoms with Crippen molar-refractivity contribution in [3.63, 3.8) is 0 Å². The molecule has 4 nitrogen and oxygen atoms in total. The van der Waals surface area contributed by atoms with E-state index in [4.69, 9.17) is 4.74 Å². The number of aromatic nitrogens is 3. The highest BCUT2D eigenvalue weighted by molar-refractivity contribution is 7.98. The van der Waals surface area contributed by atoms with Gasteiger partial charge in [0.2, 0.25) is 0 Å². The van der Waals surface area contributed by atoms with Crippen LogP contribution in [0.25, 0.3) is 0 Å². The smallest absolute Gasteiger partial charge is 0.191 e. The van der Waals surface area contributed by atoms with E-state index in [0.717, 1.165) is 29.6 Å². The summed E-state index contributed by atoms with van der Waals surface area (Å²) >= 11 is 3.49. The minimum Gasteiger partial charge on any atom is -0.497 e. The molecule has 6 heteroatoms. The topological polar surface area (TPSA) is 39.9 Å². The molecule has 3 rings (SSSR count). The molecule has 0 N–H and O–H groups in total. The number of hydrogen-bond acceptors (Lipinski definition) is 5. The lowest BCUT2D eigenvalue weighted by atomic mass is 10.2. The maximum Gasteiger partial charge on any atom is 0.191 e. The Morgan fingerprint density at radius 2 is 2.23 bits per heavy atom. The van der Waals surface area contributed by atoms with E-state index < -0.39 is 0 Å². The summed E-state index contributed by atoms with van der Waals surface area (Å²) in [4.78, 5) is 1.39. The Morgan fingerprint density at radius 3 is 3.05 bits per heavy atom. The monoisotopic (exact) mass is 331 g/mol. The SMILES string of the molecule is COc1cccc(CSc2nncn2CCc2cccs2)c1. The van der Waals surface area contributed by atoms with Crippen LogP contribution >= 0.6 is 23.1 Å². The molecule has 0 spiro atoms. The Bertz CT molecular complexity index is 710. The van der Waals surface area contributed by atoms with E-state index >= 15 is 0 Å². The molecule has 0 fully saturated rings. The first-order valence-electron chi connectivity index (χ1n) is 7.01. The highest BCUT2D eigenvalue weighted by Gasteiger charge is 2.06. The van der Waals surface area contributed by atoms with Crippen LogP contribution in [0.5, 0.6) is 5.75 Å². The van der Waals surface area contributed by atoms with E-state index in [0.29, 0.717) is 0 Å². The maximum absolute atomic E-state index is 5.25. The molecule has 0 amide bonds. The molecule has 114 valence electrons. The van der Waals surface area contributed by atoms with Gasteiger partial charge in [0.15, 0.2) is 5.16 Å². The summed E-state index contributed by atoms with van der Waals surface area (Å²) in [6.45, 7) is 0.911. The van der Waals surface area contributed by atoms with E-state index in [9.17, 15) is 0 Å². The Morgan fingerprint density at radius 1 is 1.27 bits per heavy atom. The third kappa shape index (κ3) is 3.90. The van der Waals surface area contributed by atoms with Gasteiger partial charge >= 0.3 is 0 Å². The normalized spacial score (nSPS) is 10.8. The zero-order valence-corrected chi connectivity index (χ0v) is 13.9. The molecule has 0 unspecified atom stereocenters. The fraction of sp³-hybridized carbons (Fsp3) is 0.250. The van der Waals surface area contributed by atoms with Crippen LogP contribution in [0, 0.1) is 0 Å². The van der Waals surface area contributed by atoms with Gasteiger partial charge in [0.25, 0.3) is 0 Å². The minimum absolute atomic E-state index is 0.856. The van der Waals surface area contributed by atoms with Crippen LogP contribution in [-0.2, 0) is 18.7 Å². The van der Waals surface area contributed by atoms with Crippen LogP contribution in [0.2, 0.25) is 0 Å². The molecule has 0 aliphatic heterocycles. The zero-order valence-electron chi connectivity index (χ0n) is 12.3. The Balaban J connectivity index is 1.59. The number of aryl methyl sites for hydroxylation is 2. The lowest BCUT2D eigenvalue weighted by molar-refractivity contribution is 0.414. The van der Waals surface area contributed by atoms with E-state index in [1.165, 1.54) is 10.4 Å². The molecule has 0 saturated carbocycles. The van der Waals surface area contributed by atoms with Gasteiger partial charge in [-0.1, -0.05) is 30.0 Å². The molecular weight excluding hydrogens is 314 g/mol. The van der Waals surface area contributed by atoms with Crippen molar-refractivity contribution in [2.24, 2.45) is 0 Å². The van der Waals surface area contributed by atoms with Gasteiger partial charge in [-0.2, -0.15) is 0 Å². The van der Waals surface area contributed by atoms with Crippen LogP contribution in [0.1, 0.15) is 10.4 Å². The molecule has 0 radical (unpaired) electrons. The Hall–Kier alpha value is -1.79. The largest absolute Gasteiger partial charge is 0.497 e. The minimum atomic E-state index is 0.856. The van der Waals surface area contributed by atoms with E-state index in [1.807, 2.05) is 18.5 Å². The van der Waals surface area contributed by atoms with Crippen LogP contribution in [0.15, 0.2) is 53.3 Å². The van der Waals surface area contributed by atoms with Gasteiger partial charge in [-0.25, -0.2) is 0 Å². The lowest BCUT2D eigenvalue weighted by Gasteiger charge is -2.06. The molecule has 2 aromatic heterocycles. The predicted molar refractivity (Wildman–Crippen MR) is 90.6 cm³/mol. The molecule has 0 atom stereocenters. The van der Waals surface area contributed by atoms with Gasteiger partial charge < -0.3 is 9.30 Å². The zero-order chi connectivity index (χ0) is 15.2. The molecule has 0 bridgehead atoms. The lowest BCUT2D eigenvalue weighted by Crippen LogP contribution is -2.01. The first-order chi connectivity index (χ1) is 10.8. The summed E-state index contributed by atoms with van der Waals surface area (Å²) in [7, 11) is 1.69. The third-order valence-electron chi connectivity index (χ3n) is 3.26. The van der Waals surface area contributed by atoms with Crippen molar-refractivity contribution in [3.05, 3.63) is 58.5 Å². The van der Waals surface area contributed by atoms with Crippen molar-refractivity contribution in [2.45, 2.75) is 23.9 Å². The second-order valence-electron chi connectivity index (χ2n) is 4.78. The van der Waals surface area contributed by atoms with Gasteiger partial charge in [-0.15, -0.1) is 21.5 Å². The van der Waals surface area contributed by atoms with Gasteiger partial charge in [-0.3, -0.25) is 0 Å². The van der Waals surface area contributed by atoms with Crippen molar-refractivity contribution in [3.8, 4) is 5.75 Å². The third-order valence-corrected chi connectivity index (χ3v) is 5.25. The average Bonchev–Trinajstić information content (AvgIpc) is 3.22. The second kappa shape index (κ2) is 7.47. The van der Waals surface area contributed by atoms with Gasteiger partial charge in [0.05, 0.1) is 7.11 Å². The van der Waals surface area contributed by atoms with Crippen molar-refractivity contribution in [1.29, 1.82) is 0 Å². The summed E-state index contributed by atoms with van der Waals surface area (Å²) in [6, 6.07) is 12.4. The quantitative estimate of drug-likeness (QED) is 0.616. The molecule has 0 saturated heterocycles. The highest BCUT2D eigenvalue weighted by atomic mass is 32.2. The summed E-state index contributed by atoms with van der Waals surface area (Å²) in [5.41, 5.74) is 1.22. The first kappa shape index (κ1) is 15.1. The second-order valence-corrected chi connectivity index (χ2v) is 6.75. The fourth-order valence-corrected chi connectivity index (χ4v) is 3.69. The predicted octanol–water partition coefficient (Wildman–Crippen LogP) is 3.88. The average molecular weight is 331 g/mol. The number of thiophene rings is 1. The van der Waals surface area contributed by atoms with Crippen LogP contribution in [0.4, 0.5) is 0 Å². The molecule has 0 aliphatic rings. The van der Waals surface area contributed by atoms with Crippen LogP contribution < -0.4 is 4.74 Å². The van der Waals surface area contributed by atoms with Crippen LogP contribution in [-0.4, -0.2) is 21.9 Å². The number of methoxy groups -OCH3 is 1. The summed E-state index contributed by atoms with van der Waals surface area (Å²) < 4.78 is 7.37. The summed E-state index contributed by atoms with van der Waals surface area (Å²) in [5, 5.41) is 11.3. The number of nitrogens with zero attached hydrogens (tertiary/aromatic N) is 3. The van der Waals surface area contributed by atoms with Crippen molar-refractivity contribution >= 4 is 23.1 Å². The number of benzene rings is 1. The molecule has 1 aromatic carbocycles. The fourth-order valence-electron chi connectivity index (χ4n) is 2.11. The number of ether oxygens (including phenoxy) is 1. The molecule has 0 aliphatic carbocycles. The molecule has 2 heterocycles. The van der Waals surface area contributed by atoms with Gasteiger partial charge in [0, 0.05) is 17.2 Å². The first-order valence-corrected chi connectivity index (χ1v) is 8.87. The highest BCUT2D eigenvalue weighted by Crippen LogP contribution is 2.23. The summed E-state index contributed by atoms with van der Waals surface area (Å²) in [5.74, 6) is 1.74. The van der Waals surface area contributed by atoms with Gasteiger partial charge in [0.1, 0.15) is 12.1 Å². The Kier molecular flexibility index (Phi) is 5.13. The standard InChI is InChI=1S/C16H17N3OS2/c1-20-14-5-2-4-13(10-14)11-22-16-18-17-12-19(16)8-7-15-6-3-9-21-15/h2-6,9-10,12H,7-8,11H2,1H3. The van der Waals surface area contributed by atoms with Crippen molar-refractivity contribution in [1.82, 2.24) is 14.8 Å². The Labute approximate surface area is 138 Å². The van der Waals surface area contributed by atoms with Crippen molar-refractivity contribution < 1.29 is 4.74 Å². The van der Waals surface area contributed by atoms with Gasteiger partial charge in [-0.05, 0) is 35.6 Å². The number of hydrogen-bond donors (Lipinski definition) is 0.